The molecule has 1 aliphatic rings. The summed E-state index contributed by atoms with van der Waals surface area (Å²) in [6.45, 7) is 5.26. The Morgan fingerprint density at radius 1 is 1.06 bits per heavy atom. The van der Waals surface area contributed by atoms with Crippen LogP contribution in [0.5, 0.6) is 0 Å². The number of morpholine rings is 1. The van der Waals surface area contributed by atoms with Crippen LogP contribution in [0.1, 0.15) is 28.0 Å². The minimum Gasteiger partial charge on any atom is -0.379 e. The Hall–Kier alpha value is -2.38. The molecule has 31 heavy (non-hydrogen) atoms. The number of aromatic nitrogens is 2. The zero-order valence-corrected chi connectivity index (χ0v) is 18.9. The van der Waals surface area contributed by atoms with Gasteiger partial charge >= 0.3 is 0 Å². The summed E-state index contributed by atoms with van der Waals surface area (Å²) in [6, 6.07) is 15.7. The van der Waals surface area contributed by atoms with Crippen LogP contribution < -0.4 is 5.32 Å². The van der Waals surface area contributed by atoms with Crippen molar-refractivity contribution in [1.29, 1.82) is 0 Å². The highest BCUT2D eigenvalue weighted by Gasteiger charge is 2.10. The van der Waals surface area contributed by atoms with Crippen LogP contribution in [-0.2, 0) is 4.74 Å². The Balaban J connectivity index is 0.00000171. The van der Waals surface area contributed by atoms with Crippen molar-refractivity contribution in [3.8, 4) is 0 Å². The lowest BCUT2D eigenvalue weighted by Crippen LogP contribution is -2.38. The molecule has 0 saturated carbocycles. The van der Waals surface area contributed by atoms with Gasteiger partial charge in [0.15, 0.2) is 0 Å². The molecule has 2 N–H and O–H groups in total. The molecule has 2 heterocycles. The average molecular weight is 463 g/mol. The first-order valence-electron chi connectivity index (χ1n) is 10.1. The van der Waals surface area contributed by atoms with E-state index in [1.165, 1.54) is 0 Å². The molecule has 0 atom stereocenters. The van der Waals surface area contributed by atoms with E-state index in [1.807, 2.05) is 60.7 Å². The van der Waals surface area contributed by atoms with Crippen molar-refractivity contribution < 1.29 is 9.53 Å². The Kier molecular flexibility index (Phi) is 10.0. The van der Waals surface area contributed by atoms with Crippen molar-refractivity contribution in [1.82, 2.24) is 20.4 Å². The van der Waals surface area contributed by atoms with Gasteiger partial charge in [0.2, 0.25) is 0 Å². The molecule has 3 aromatic rings. The zero-order valence-electron chi connectivity index (χ0n) is 17.3. The fraction of sp³-hybridized carbons (Fsp3) is 0.304. The summed E-state index contributed by atoms with van der Waals surface area (Å²) in [4.78, 5) is 14.7. The number of rotatable bonds is 7. The van der Waals surface area contributed by atoms with Gasteiger partial charge in [-0.3, -0.25) is 14.8 Å². The zero-order chi connectivity index (χ0) is 19.9. The number of hydrogen-bond acceptors (Lipinski definition) is 4. The maximum atomic E-state index is 12.3. The van der Waals surface area contributed by atoms with Crippen LogP contribution in [0.25, 0.3) is 23.1 Å². The molecule has 4 rings (SSSR count). The molecule has 2 aromatic carbocycles. The summed E-state index contributed by atoms with van der Waals surface area (Å²) < 4.78 is 5.35. The number of nitrogens with one attached hydrogen (secondary N) is 2. The lowest BCUT2D eigenvalue weighted by atomic mass is 10.1. The van der Waals surface area contributed by atoms with E-state index in [-0.39, 0.29) is 30.7 Å². The summed E-state index contributed by atoms with van der Waals surface area (Å²) in [7, 11) is 0. The molecule has 0 radical (unpaired) electrons. The van der Waals surface area contributed by atoms with E-state index in [0.717, 1.165) is 61.4 Å². The molecule has 0 unspecified atom stereocenters. The third kappa shape index (κ3) is 6.80. The van der Waals surface area contributed by atoms with Gasteiger partial charge in [0.1, 0.15) is 0 Å². The first-order valence-corrected chi connectivity index (χ1v) is 10.1. The summed E-state index contributed by atoms with van der Waals surface area (Å²) in [5.74, 6) is -0.0270. The van der Waals surface area contributed by atoms with Crippen LogP contribution >= 0.6 is 24.8 Å². The number of halogens is 2. The number of amides is 1. The third-order valence-corrected chi connectivity index (χ3v) is 5.15. The Bertz CT molecular complexity index is 983. The van der Waals surface area contributed by atoms with Crippen LogP contribution in [0.2, 0.25) is 0 Å². The fourth-order valence-electron chi connectivity index (χ4n) is 3.46. The predicted octanol–water partition coefficient (Wildman–Crippen LogP) is 4.03. The number of H-pyrrole nitrogens is 1. The average Bonchev–Trinajstić information content (AvgIpc) is 3.19. The van der Waals surface area contributed by atoms with Crippen LogP contribution in [0.3, 0.4) is 0 Å². The van der Waals surface area contributed by atoms with Gasteiger partial charge in [-0.1, -0.05) is 36.4 Å². The van der Waals surface area contributed by atoms with Crippen LogP contribution in [0.4, 0.5) is 0 Å². The van der Waals surface area contributed by atoms with Crippen LogP contribution in [0, 0.1) is 0 Å². The summed E-state index contributed by atoms with van der Waals surface area (Å²) in [5.41, 5.74) is 3.63. The van der Waals surface area contributed by atoms with Gasteiger partial charge in [-0.15, -0.1) is 24.8 Å². The number of aromatic amines is 1. The first kappa shape index (κ1) is 24.9. The highest BCUT2D eigenvalue weighted by atomic mass is 35.5. The standard InChI is InChI=1S/C23H26N4O2.2ClH/c28-23(24-12-3-13-27-14-16-29-17-15-27)19-9-6-18(7-10-19)8-11-22-20-4-1-2-5-21(20)25-26-22;;/h1-2,4-11H,3,12-17H2,(H,24,28)(H,25,26);2*1H. The number of carbonyl (C=O) groups is 1. The van der Waals surface area contributed by atoms with Crippen LogP contribution in [-0.4, -0.2) is 60.4 Å². The van der Waals surface area contributed by atoms with E-state index in [2.05, 4.69) is 20.4 Å². The van der Waals surface area contributed by atoms with Crippen molar-refractivity contribution >= 4 is 53.8 Å². The first-order chi connectivity index (χ1) is 14.3. The van der Waals surface area contributed by atoms with Crippen molar-refractivity contribution in [3.05, 3.63) is 65.4 Å². The van der Waals surface area contributed by atoms with Crippen molar-refractivity contribution in [3.63, 3.8) is 0 Å². The molecule has 166 valence electrons. The number of fused-ring (bicyclic) bond motifs is 1. The minimum absolute atomic E-state index is 0. The molecule has 0 bridgehead atoms. The molecule has 0 aliphatic carbocycles. The van der Waals surface area contributed by atoms with Gasteiger partial charge in [0.25, 0.3) is 5.91 Å². The van der Waals surface area contributed by atoms with E-state index >= 15 is 0 Å². The van der Waals surface area contributed by atoms with Gasteiger partial charge in [-0.2, -0.15) is 5.10 Å². The van der Waals surface area contributed by atoms with Crippen LogP contribution in [0.15, 0.2) is 48.5 Å². The Morgan fingerprint density at radius 2 is 1.81 bits per heavy atom. The molecule has 1 amide bonds. The smallest absolute Gasteiger partial charge is 0.251 e. The normalized spacial score (nSPS) is 14.2. The van der Waals surface area contributed by atoms with E-state index in [4.69, 9.17) is 4.74 Å². The molecular formula is C23H28Cl2N4O2. The molecule has 0 spiro atoms. The quantitative estimate of drug-likeness (QED) is 0.520. The van der Waals surface area contributed by atoms with Gasteiger partial charge in [-0.25, -0.2) is 0 Å². The van der Waals surface area contributed by atoms with Gasteiger partial charge in [-0.05, 0) is 42.8 Å². The Labute approximate surface area is 194 Å². The van der Waals surface area contributed by atoms with Gasteiger partial charge in [0, 0.05) is 30.6 Å². The maximum Gasteiger partial charge on any atom is 0.251 e. The second-order valence-corrected chi connectivity index (χ2v) is 7.17. The van der Waals surface area contributed by atoms with E-state index in [9.17, 15) is 4.79 Å². The largest absolute Gasteiger partial charge is 0.379 e. The maximum absolute atomic E-state index is 12.3. The number of hydrogen-bond donors (Lipinski definition) is 2. The summed E-state index contributed by atoms with van der Waals surface area (Å²) in [6.07, 6.45) is 4.94. The van der Waals surface area contributed by atoms with Gasteiger partial charge in [0.05, 0.1) is 24.4 Å². The molecule has 1 aliphatic heterocycles. The molecular weight excluding hydrogens is 435 g/mol. The third-order valence-electron chi connectivity index (χ3n) is 5.15. The SMILES string of the molecule is Cl.Cl.O=C(NCCCN1CCOCC1)c1ccc(C=Cc2n[nH]c3ccccc23)cc1. The highest BCUT2D eigenvalue weighted by molar-refractivity contribution is 5.94. The van der Waals surface area contributed by atoms with E-state index in [1.54, 1.807) is 0 Å². The topological polar surface area (TPSA) is 70.2 Å². The number of ether oxygens (including phenoxy) is 1. The lowest BCUT2D eigenvalue weighted by molar-refractivity contribution is 0.0374. The minimum atomic E-state index is -0.0270. The van der Waals surface area contributed by atoms with Gasteiger partial charge < -0.3 is 10.1 Å². The predicted molar refractivity (Wildman–Crippen MR) is 130 cm³/mol. The summed E-state index contributed by atoms with van der Waals surface area (Å²) in [5, 5.41) is 11.5. The molecule has 6 nitrogen and oxygen atoms in total. The molecule has 1 saturated heterocycles. The monoisotopic (exact) mass is 462 g/mol. The summed E-state index contributed by atoms with van der Waals surface area (Å²) >= 11 is 0. The fourth-order valence-corrected chi connectivity index (χ4v) is 3.46. The number of benzene rings is 2. The molecule has 1 aromatic heterocycles. The van der Waals surface area contributed by atoms with E-state index < -0.39 is 0 Å². The number of nitrogens with zero attached hydrogens (tertiary/aromatic N) is 2. The van der Waals surface area contributed by atoms with Crippen molar-refractivity contribution in [2.24, 2.45) is 0 Å². The van der Waals surface area contributed by atoms with Crippen molar-refractivity contribution in [2.45, 2.75) is 6.42 Å². The molecule has 1 fully saturated rings. The molecule has 8 heteroatoms. The number of para-hydroxylation sites is 1. The number of carbonyl (C=O) groups excluding carboxylic acids is 1. The second kappa shape index (κ2) is 12.5. The van der Waals surface area contributed by atoms with E-state index in [0.29, 0.717) is 12.1 Å². The van der Waals surface area contributed by atoms with Crippen molar-refractivity contribution in [2.75, 3.05) is 39.4 Å². The highest BCUT2D eigenvalue weighted by Crippen LogP contribution is 2.17. The second-order valence-electron chi connectivity index (χ2n) is 7.17. The Morgan fingerprint density at radius 3 is 2.58 bits per heavy atom. The lowest BCUT2D eigenvalue weighted by Gasteiger charge is -2.26.